The van der Waals surface area contributed by atoms with Crippen LogP contribution in [0.2, 0.25) is 6.04 Å². The Bertz CT molecular complexity index is 1000. The zero-order valence-corrected chi connectivity index (χ0v) is 30.7. The summed E-state index contributed by atoms with van der Waals surface area (Å²) in [6, 6.07) is 0.614. The van der Waals surface area contributed by atoms with E-state index in [1.807, 2.05) is 20.8 Å². The molecule has 0 aromatic carbocycles. The van der Waals surface area contributed by atoms with E-state index in [0.717, 1.165) is 24.7 Å². The van der Waals surface area contributed by atoms with E-state index in [1.54, 1.807) is 11.1 Å². The summed E-state index contributed by atoms with van der Waals surface area (Å²) in [5, 5.41) is 10.8. The highest BCUT2D eigenvalue weighted by Crippen LogP contribution is 2.66. The first-order chi connectivity index (χ1) is 20.9. The quantitative estimate of drug-likeness (QED) is 0.136. The Kier molecular flexibility index (Phi) is 12.6. The van der Waals surface area contributed by atoms with Crippen molar-refractivity contribution in [3.8, 4) is 0 Å². The van der Waals surface area contributed by atoms with Gasteiger partial charge in [-0.25, -0.2) is 0 Å². The van der Waals surface area contributed by atoms with E-state index in [-0.39, 0.29) is 11.5 Å². The molecule has 5 nitrogen and oxygen atoms in total. The van der Waals surface area contributed by atoms with Crippen LogP contribution in [0.25, 0.3) is 0 Å². The van der Waals surface area contributed by atoms with Gasteiger partial charge in [0.2, 0.25) is 0 Å². The standard InChI is InChI=1S/C38H66O5Si/c1-10-41-44(42-11-2,43-12-3)24-21-31(39)26-40-32-19-22-37(8)30(25-32)15-16-33-35-18-17-34(38(35,9)23-20-36(33)37)29(7)14-13-28(6)27(4)5/h13-16,27-29,31-32,34-36,39H,10-12,17-26H2,1-9H3/b14-13+/t28-,29+,31?,32-,34+,35-,36-,37-,38+/m0/s1. The summed E-state index contributed by atoms with van der Waals surface area (Å²) in [5.41, 5.74) is 4.00. The molecule has 0 aromatic rings. The van der Waals surface area contributed by atoms with Crippen molar-refractivity contribution < 1.29 is 23.1 Å². The van der Waals surface area contributed by atoms with Gasteiger partial charge in [0.15, 0.2) is 0 Å². The first kappa shape index (κ1) is 36.1. The van der Waals surface area contributed by atoms with Gasteiger partial charge in [-0.05, 0) is 118 Å². The summed E-state index contributed by atoms with van der Waals surface area (Å²) in [6.07, 6.45) is 18.9. The third-order valence-corrected chi connectivity index (χ3v) is 15.5. The molecule has 4 rings (SSSR count). The second kappa shape index (κ2) is 15.4. The zero-order chi connectivity index (χ0) is 32.1. The van der Waals surface area contributed by atoms with Crippen LogP contribution in [0.4, 0.5) is 0 Å². The maximum atomic E-state index is 10.8. The molecule has 0 heterocycles. The van der Waals surface area contributed by atoms with Crippen molar-refractivity contribution in [1.82, 2.24) is 0 Å². The second-order valence-electron chi connectivity index (χ2n) is 15.3. The van der Waals surface area contributed by atoms with Crippen LogP contribution in [-0.4, -0.2) is 52.5 Å². The Morgan fingerprint density at radius 3 is 2.20 bits per heavy atom. The Balaban J connectivity index is 1.36. The van der Waals surface area contributed by atoms with Crippen LogP contribution in [0, 0.1) is 46.3 Å². The van der Waals surface area contributed by atoms with Crippen LogP contribution in [0.3, 0.4) is 0 Å². The average Bonchev–Trinajstić information content (AvgIpc) is 3.35. The average molecular weight is 631 g/mol. The first-order valence-corrected chi connectivity index (χ1v) is 20.2. The topological polar surface area (TPSA) is 57.2 Å². The van der Waals surface area contributed by atoms with Crippen molar-refractivity contribution in [1.29, 1.82) is 0 Å². The molecule has 0 bridgehead atoms. The lowest BCUT2D eigenvalue weighted by atomic mass is 9.50. The Morgan fingerprint density at radius 1 is 0.886 bits per heavy atom. The monoisotopic (exact) mass is 630 g/mol. The van der Waals surface area contributed by atoms with Gasteiger partial charge in [0.05, 0.1) is 18.8 Å². The lowest BCUT2D eigenvalue weighted by molar-refractivity contribution is -0.0363. The molecule has 4 aliphatic rings. The highest BCUT2D eigenvalue weighted by molar-refractivity contribution is 6.60. The number of hydrogen-bond acceptors (Lipinski definition) is 5. The van der Waals surface area contributed by atoms with Crippen molar-refractivity contribution in [3.63, 3.8) is 0 Å². The largest absolute Gasteiger partial charge is 0.501 e. The lowest BCUT2D eigenvalue weighted by Crippen LogP contribution is -2.47. The zero-order valence-electron chi connectivity index (χ0n) is 29.7. The van der Waals surface area contributed by atoms with Gasteiger partial charge in [-0.1, -0.05) is 77.0 Å². The van der Waals surface area contributed by atoms with Crippen LogP contribution < -0.4 is 0 Å². The minimum atomic E-state index is -2.75. The van der Waals surface area contributed by atoms with Gasteiger partial charge in [0.1, 0.15) is 0 Å². The van der Waals surface area contributed by atoms with Crippen molar-refractivity contribution in [2.75, 3.05) is 26.4 Å². The van der Waals surface area contributed by atoms with E-state index in [2.05, 4.69) is 65.8 Å². The molecule has 3 saturated carbocycles. The molecular weight excluding hydrogens is 564 g/mol. The molecule has 0 radical (unpaired) electrons. The van der Waals surface area contributed by atoms with E-state index in [9.17, 15) is 5.11 Å². The highest BCUT2D eigenvalue weighted by Gasteiger charge is 2.57. The number of ether oxygens (including phenoxy) is 1. The maximum absolute atomic E-state index is 10.8. The van der Waals surface area contributed by atoms with E-state index < -0.39 is 14.9 Å². The smallest absolute Gasteiger partial charge is 0.391 e. The molecule has 1 N–H and O–H groups in total. The van der Waals surface area contributed by atoms with Crippen molar-refractivity contribution in [3.05, 3.63) is 35.5 Å². The summed E-state index contributed by atoms with van der Waals surface area (Å²) in [4.78, 5) is 0. The van der Waals surface area contributed by atoms with Gasteiger partial charge in [0.25, 0.3) is 0 Å². The van der Waals surface area contributed by atoms with Crippen LogP contribution in [0.5, 0.6) is 0 Å². The van der Waals surface area contributed by atoms with Gasteiger partial charge in [-0.3, -0.25) is 0 Å². The van der Waals surface area contributed by atoms with Crippen LogP contribution in [0.1, 0.15) is 114 Å². The predicted octanol–water partition coefficient (Wildman–Crippen LogP) is 9.15. The Morgan fingerprint density at radius 2 is 1.57 bits per heavy atom. The summed E-state index contributed by atoms with van der Waals surface area (Å²) in [6.45, 7) is 22.6. The molecule has 9 atom stereocenters. The summed E-state index contributed by atoms with van der Waals surface area (Å²) in [7, 11) is -2.75. The third kappa shape index (κ3) is 7.68. The minimum Gasteiger partial charge on any atom is -0.391 e. The molecule has 4 aliphatic carbocycles. The van der Waals surface area contributed by atoms with Crippen LogP contribution in [-0.2, 0) is 18.0 Å². The number of aliphatic hydroxyl groups is 1. The molecular formula is C38H66O5Si. The maximum Gasteiger partial charge on any atom is 0.501 e. The number of hydrogen-bond donors (Lipinski definition) is 1. The van der Waals surface area contributed by atoms with Gasteiger partial charge in [-0.2, -0.15) is 0 Å². The van der Waals surface area contributed by atoms with Crippen molar-refractivity contribution in [2.45, 2.75) is 132 Å². The van der Waals surface area contributed by atoms with Gasteiger partial charge >= 0.3 is 8.80 Å². The molecule has 1 unspecified atom stereocenters. The SMILES string of the molecule is CCO[Si](CCC(O)CO[C@H]1CC[C@@]2(C)C(=CC=C3[C@@H]4CC[C@H]([C@H](C)/C=C/[C@H](C)C(C)C)[C@@]4(C)CC[C@@H]32)C1)(OCC)OCC. The molecule has 0 aliphatic heterocycles. The summed E-state index contributed by atoms with van der Waals surface area (Å²) < 4.78 is 24.3. The molecule has 44 heavy (non-hydrogen) atoms. The molecule has 0 saturated heterocycles. The fourth-order valence-corrected chi connectivity index (χ4v) is 12.1. The number of fused-ring (bicyclic) bond motifs is 5. The first-order valence-electron chi connectivity index (χ1n) is 18.2. The molecule has 3 fully saturated rings. The minimum absolute atomic E-state index is 0.178. The normalized spacial score (nSPS) is 34.2. The van der Waals surface area contributed by atoms with E-state index in [4.69, 9.17) is 18.0 Å². The van der Waals surface area contributed by atoms with Crippen molar-refractivity contribution >= 4 is 8.80 Å². The molecule has 0 aromatic heterocycles. The predicted molar refractivity (Wildman–Crippen MR) is 183 cm³/mol. The number of allylic oxidation sites excluding steroid dienone is 5. The molecule has 0 spiro atoms. The number of rotatable bonds is 16. The fraction of sp³-hybridized carbons (Fsp3) is 0.842. The van der Waals surface area contributed by atoms with Crippen LogP contribution >= 0.6 is 0 Å². The van der Waals surface area contributed by atoms with Crippen molar-refractivity contribution in [2.24, 2.45) is 46.3 Å². The van der Waals surface area contributed by atoms with Gasteiger partial charge in [0, 0.05) is 25.9 Å². The second-order valence-corrected chi connectivity index (χ2v) is 18.1. The third-order valence-electron chi connectivity index (χ3n) is 12.4. The Hall–Kier alpha value is -0.763. The highest BCUT2D eigenvalue weighted by atomic mass is 28.4. The summed E-state index contributed by atoms with van der Waals surface area (Å²) in [5.74, 6) is 4.17. The molecule has 6 heteroatoms. The van der Waals surface area contributed by atoms with Gasteiger partial charge < -0.3 is 23.1 Å². The number of aliphatic hydroxyl groups excluding tert-OH is 1. The lowest BCUT2D eigenvalue weighted by Gasteiger charge is -2.55. The van der Waals surface area contributed by atoms with E-state index in [0.29, 0.717) is 68.0 Å². The fourth-order valence-electron chi connectivity index (χ4n) is 9.40. The molecule has 252 valence electrons. The van der Waals surface area contributed by atoms with E-state index in [1.165, 1.54) is 32.1 Å². The molecule has 0 amide bonds. The van der Waals surface area contributed by atoms with Gasteiger partial charge in [-0.15, -0.1) is 0 Å². The van der Waals surface area contributed by atoms with Crippen LogP contribution in [0.15, 0.2) is 35.5 Å². The van der Waals surface area contributed by atoms with E-state index >= 15 is 0 Å². The summed E-state index contributed by atoms with van der Waals surface area (Å²) >= 11 is 0. The Labute approximate surface area is 271 Å².